The molecule has 0 radical (unpaired) electrons. The number of hydrogen-bond donors (Lipinski definition) is 1. The molecule has 0 aliphatic carbocycles. The predicted octanol–water partition coefficient (Wildman–Crippen LogP) is 1.77. The molecule has 0 aromatic carbocycles. The molecule has 0 amide bonds. The van der Waals surface area contributed by atoms with Crippen LogP contribution >= 0.6 is 0 Å². The van der Waals surface area contributed by atoms with Crippen LogP contribution in [0.15, 0.2) is 0 Å². The molecule has 0 saturated carbocycles. The minimum atomic E-state index is 0.580. The lowest BCUT2D eigenvalue weighted by atomic mass is 10.1. The van der Waals surface area contributed by atoms with Crippen molar-refractivity contribution in [3.63, 3.8) is 0 Å². The van der Waals surface area contributed by atoms with E-state index >= 15 is 0 Å². The van der Waals surface area contributed by atoms with Crippen molar-refractivity contribution in [1.29, 1.82) is 0 Å². The van der Waals surface area contributed by atoms with Gasteiger partial charge in [0.2, 0.25) is 0 Å². The minimum Gasteiger partial charge on any atom is -0.378 e. The van der Waals surface area contributed by atoms with Crippen LogP contribution in [-0.4, -0.2) is 49.3 Å². The van der Waals surface area contributed by atoms with Gasteiger partial charge in [-0.15, -0.1) is 0 Å². The average Bonchev–Trinajstić information content (AvgIpc) is 2.91. The quantitative estimate of drug-likeness (QED) is 0.808. The number of nitrogens with one attached hydrogen (secondary N) is 1. The van der Waals surface area contributed by atoms with Crippen molar-refractivity contribution in [3.05, 3.63) is 0 Å². The van der Waals surface area contributed by atoms with E-state index in [1.807, 2.05) is 0 Å². The minimum absolute atomic E-state index is 0.580. The fourth-order valence-electron chi connectivity index (χ4n) is 3.63. The monoisotopic (exact) mass is 238 g/mol. The molecule has 0 spiro atoms. The third-order valence-corrected chi connectivity index (χ3v) is 4.63. The lowest BCUT2D eigenvalue weighted by Gasteiger charge is -2.24. The Bertz CT molecular complexity index is 240. The summed E-state index contributed by atoms with van der Waals surface area (Å²) < 4.78 is 5.69. The van der Waals surface area contributed by atoms with E-state index in [1.165, 1.54) is 64.6 Å². The normalized spacial score (nSPS) is 38.5. The van der Waals surface area contributed by atoms with Gasteiger partial charge in [-0.3, -0.25) is 0 Å². The Morgan fingerprint density at radius 3 is 2.94 bits per heavy atom. The van der Waals surface area contributed by atoms with Crippen molar-refractivity contribution in [2.24, 2.45) is 0 Å². The van der Waals surface area contributed by atoms with Gasteiger partial charge in [0, 0.05) is 25.2 Å². The fraction of sp³-hybridized carbons (Fsp3) is 1.00. The summed E-state index contributed by atoms with van der Waals surface area (Å²) in [5.74, 6) is 0. The molecule has 3 rings (SSSR count). The van der Waals surface area contributed by atoms with Crippen molar-refractivity contribution in [3.8, 4) is 0 Å². The Morgan fingerprint density at radius 2 is 2.06 bits per heavy atom. The molecule has 2 bridgehead atoms. The van der Waals surface area contributed by atoms with Crippen molar-refractivity contribution < 1.29 is 4.74 Å². The summed E-state index contributed by atoms with van der Waals surface area (Å²) in [6, 6.07) is 1.60. The van der Waals surface area contributed by atoms with E-state index in [-0.39, 0.29) is 0 Å². The summed E-state index contributed by atoms with van der Waals surface area (Å²) in [7, 11) is 0. The van der Waals surface area contributed by atoms with Gasteiger partial charge in [0.15, 0.2) is 0 Å². The van der Waals surface area contributed by atoms with Crippen molar-refractivity contribution in [2.75, 3.05) is 26.2 Å². The van der Waals surface area contributed by atoms with Crippen molar-refractivity contribution in [1.82, 2.24) is 10.2 Å². The molecule has 3 heterocycles. The molecule has 98 valence electrons. The van der Waals surface area contributed by atoms with E-state index < -0.39 is 0 Å². The van der Waals surface area contributed by atoms with Gasteiger partial charge in [-0.25, -0.2) is 0 Å². The second-order valence-corrected chi connectivity index (χ2v) is 6.00. The van der Waals surface area contributed by atoms with E-state index in [0.717, 1.165) is 18.7 Å². The SMILES string of the molecule is C1COC(CCCN2CCC3CCC(C2)N3)C1. The number of nitrogens with zero attached hydrogens (tertiary/aromatic N) is 1. The Hall–Kier alpha value is -0.120. The molecule has 3 aliphatic heterocycles. The van der Waals surface area contributed by atoms with Crippen molar-refractivity contribution >= 4 is 0 Å². The lowest BCUT2D eigenvalue weighted by molar-refractivity contribution is 0.0984. The molecule has 3 unspecified atom stereocenters. The first-order valence-corrected chi connectivity index (χ1v) is 7.50. The van der Waals surface area contributed by atoms with Gasteiger partial charge in [0.25, 0.3) is 0 Å². The Morgan fingerprint density at radius 1 is 1.12 bits per heavy atom. The third-order valence-electron chi connectivity index (χ3n) is 4.63. The van der Waals surface area contributed by atoms with Gasteiger partial charge < -0.3 is 15.0 Å². The molecular formula is C14H26N2O. The highest BCUT2D eigenvalue weighted by Crippen LogP contribution is 2.21. The molecule has 3 saturated heterocycles. The van der Waals surface area contributed by atoms with Crippen LogP contribution in [0.3, 0.4) is 0 Å². The summed E-state index contributed by atoms with van der Waals surface area (Å²) in [5, 5.41) is 3.75. The molecule has 3 fully saturated rings. The molecule has 3 atom stereocenters. The smallest absolute Gasteiger partial charge is 0.0576 e. The summed E-state index contributed by atoms with van der Waals surface area (Å²) in [4.78, 5) is 2.67. The third kappa shape index (κ3) is 3.21. The van der Waals surface area contributed by atoms with E-state index in [4.69, 9.17) is 4.74 Å². The maximum absolute atomic E-state index is 5.69. The van der Waals surface area contributed by atoms with E-state index in [0.29, 0.717) is 6.10 Å². The highest BCUT2D eigenvalue weighted by molar-refractivity contribution is 4.89. The van der Waals surface area contributed by atoms with Gasteiger partial charge in [0.1, 0.15) is 0 Å². The topological polar surface area (TPSA) is 24.5 Å². The zero-order valence-electron chi connectivity index (χ0n) is 10.9. The number of rotatable bonds is 4. The maximum atomic E-state index is 5.69. The zero-order chi connectivity index (χ0) is 11.5. The summed E-state index contributed by atoms with van der Waals surface area (Å²) >= 11 is 0. The summed E-state index contributed by atoms with van der Waals surface area (Å²) in [6.45, 7) is 4.87. The van der Waals surface area contributed by atoms with Gasteiger partial charge in [0.05, 0.1) is 6.10 Å². The molecule has 3 heteroatoms. The van der Waals surface area contributed by atoms with Crippen LogP contribution in [-0.2, 0) is 4.74 Å². The van der Waals surface area contributed by atoms with Crippen LogP contribution in [0.4, 0.5) is 0 Å². The van der Waals surface area contributed by atoms with E-state index in [2.05, 4.69) is 10.2 Å². The number of likely N-dealkylation sites (tertiary alicyclic amines) is 1. The van der Waals surface area contributed by atoms with Crippen LogP contribution in [0.1, 0.15) is 44.9 Å². The number of ether oxygens (including phenoxy) is 1. The molecular weight excluding hydrogens is 212 g/mol. The van der Waals surface area contributed by atoms with Crippen LogP contribution in [0.25, 0.3) is 0 Å². The van der Waals surface area contributed by atoms with Gasteiger partial charge in [-0.05, 0) is 58.0 Å². The van der Waals surface area contributed by atoms with Crippen LogP contribution in [0.5, 0.6) is 0 Å². The average molecular weight is 238 g/mol. The molecule has 0 aromatic rings. The first kappa shape index (κ1) is 11.9. The maximum Gasteiger partial charge on any atom is 0.0576 e. The highest BCUT2D eigenvalue weighted by atomic mass is 16.5. The summed E-state index contributed by atoms with van der Waals surface area (Å²) in [6.07, 6.45) is 9.92. The fourth-order valence-corrected chi connectivity index (χ4v) is 3.63. The second-order valence-electron chi connectivity index (χ2n) is 6.00. The first-order valence-electron chi connectivity index (χ1n) is 7.50. The van der Waals surface area contributed by atoms with Crippen LogP contribution in [0.2, 0.25) is 0 Å². The number of fused-ring (bicyclic) bond motifs is 2. The zero-order valence-corrected chi connectivity index (χ0v) is 10.9. The Labute approximate surface area is 105 Å². The Balaban J connectivity index is 1.36. The standard InChI is InChI=1S/C14H26N2O/c1(3-14-4-2-10-17-14)8-16-9-7-12-5-6-13(11-16)15-12/h12-15H,1-11H2. The van der Waals surface area contributed by atoms with Gasteiger partial charge >= 0.3 is 0 Å². The van der Waals surface area contributed by atoms with Crippen molar-refractivity contribution in [2.45, 2.75) is 63.1 Å². The van der Waals surface area contributed by atoms with Crippen LogP contribution in [0, 0.1) is 0 Å². The van der Waals surface area contributed by atoms with E-state index in [1.54, 1.807) is 0 Å². The lowest BCUT2D eigenvalue weighted by Crippen LogP contribution is -2.36. The molecule has 17 heavy (non-hydrogen) atoms. The molecule has 3 aliphatic rings. The summed E-state index contributed by atoms with van der Waals surface area (Å²) in [5.41, 5.74) is 0. The predicted molar refractivity (Wildman–Crippen MR) is 69.2 cm³/mol. The largest absolute Gasteiger partial charge is 0.378 e. The molecule has 3 nitrogen and oxygen atoms in total. The number of hydrogen-bond acceptors (Lipinski definition) is 3. The molecule has 0 aromatic heterocycles. The van der Waals surface area contributed by atoms with Crippen LogP contribution < -0.4 is 5.32 Å². The molecule has 1 N–H and O–H groups in total. The first-order chi connectivity index (χ1) is 8.40. The Kier molecular flexibility index (Phi) is 3.99. The highest BCUT2D eigenvalue weighted by Gasteiger charge is 2.28. The second kappa shape index (κ2) is 5.68. The van der Waals surface area contributed by atoms with Gasteiger partial charge in [-0.2, -0.15) is 0 Å². The van der Waals surface area contributed by atoms with Gasteiger partial charge in [-0.1, -0.05) is 0 Å². The van der Waals surface area contributed by atoms with E-state index in [9.17, 15) is 0 Å².